The van der Waals surface area contributed by atoms with Crippen molar-refractivity contribution in [3.05, 3.63) is 47.2 Å². The van der Waals surface area contributed by atoms with E-state index < -0.39 is 0 Å². The Labute approximate surface area is 165 Å². The molecule has 0 amide bonds. The van der Waals surface area contributed by atoms with Crippen molar-refractivity contribution in [2.45, 2.75) is 65.2 Å². The molecule has 1 atom stereocenters. The molecule has 1 aliphatic carbocycles. The van der Waals surface area contributed by atoms with Gasteiger partial charge in [0.05, 0.1) is 6.61 Å². The molecule has 0 saturated carbocycles. The van der Waals surface area contributed by atoms with Gasteiger partial charge in [0.15, 0.2) is 0 Å². The number of allylic oxidation sites excluding steroid dienone is 4. The smallest absolute Gasteiger partial charge is 0.213 e. The van der Waals surface area contributed by atoms with Gasteiger partial charge in [-0.25, -0.2) is 4.98 Å². The van der Waals surface area contributed by atoms with E-state index in [4.69, 9.17) is 4.74 Å². The van der Waals surface area contributed by atoms with Crippen LogP contribution in [0, 0.1) is 5.92 Å². The highest BCUT2D eigenvalue weighted by Gasteiger charge is 2.17. The zero-order chi connectivity index (χ0) is 19.1. The first-order valence-electron chi connectivity index (χ1n) is 10.8. The fourth-order valence-corrected chi connectivity index (χ4v) is 4.24. The molecule has 2 aliphatic rings. The van der Waals surface area contributed by atoms with Crippen molar-refractivity contribution in [3.63, 3.8) is 0 Å². The van der Waals surface area contributed by atoms with E-state index in [2.05, 4.69) is 54.9 Å². The van der Waals surface area contributed by atoms with Gasteiger partial charge >= 0.3 is 0 Å². The minimum absolute atomic E-state index is 0.452. The first-order valence-corrected chi connectivity index (χ1v) is 10.8. The standard InChI is InChI=1S/C24H36N2O/c1-4-26-14-11-21(12-15-26)7-5-6-16-27-24-18-23(10-13-25-24)22-9-8-19(2)20(3)17-22/h8,10,13,17-18,21-22H,4-7,9,11-12,14-16H2,1-3H3. The van der Waals surface area contributed by atoms with Gasteiger partial charge in [-0.2, -0.15) is 0 Å². The Morgan fingerprint density at radius 1 is 1.15 bits per heavy atom. The maximum Gasteiger partial charge on any atom is 0.213 e. The molecule has 3 heteroatoms. The van der Waals surface area contributed by atoms with Crippen LogP contribution in [-0.4, -0.2) is 36.1 Å². The zero-order valence-electron chi connectivity index (χ0n) is 17.4. The third-order valence-corrected chi connectivity index (χ3v) is 6.35. The number of aromatic nitrogens is 1. The van der Waals surface area contributed by atoms with E-state index >= 15 is 0 Å². The van der Waals surface area contributed by atoms with Gasteiger partial charge in [0.2, 0.25) is 5.88 Å². The summed E-state index contributed by atoms with van der Waals surface area (Å²) in [5.74, 6) is 2.15. The van der Waals surface area contributed by atoms with Crippen molar-refractivity contribution in [1.29, 1.82) is 0 Å². The van der Waals surface area contributed by atoms with Crippen LogP contribution in [0.5, 0.6) is 5.88 Å². The lowest BCUT2D eigenvalue weighted by atomic mass is 9.87. The van der Waals surface area contributed by atoms with Crippen LogP contribution >= 0.6 is 0 Å². The summed E-state index contributed by atoms with van der Waals surface area (Å²) in [6.07, 6.45) is 14.2. The highest BCUT2D eigenvalue weighted by atomic mass is 16.5. The molecule has 0 radical (unpaired) electrons. The van der Waals surface area contributed by atoms with Gasteiger partial charge in [0, 0.05) is 18.2 Å². The van der Waals surface area contributed by atoms with Crippen LogP contribution < -0.4 is 4.74 Å². The predicted molar refractivity (Wildman–Crippen MR) is 113 cm³/mol. The topological polar surface area (TPSA) is 25.4 Å². The minimum atomic E-state index is 0.452. The Hall–Kier alpha value is -1.61. The van der Waals surface area contributed by atoms with Gasteiger partial charge < -0.3 is 9.64 Å². The molecule has 0 aromatic carbocycles. The SMILES string of the molecule is CCN1CCC(CCCCOc2cc(C3C=C(C)C(C)=CC3)ccn2)CC1. The van der Waals surface area contributed by atoms with Crippen LogP contribution in [0.25, 0.3) is 0 Å². The number of rotatable bonds is 8. The molecule has 1 aliphatic heterocycles. The maximum absolute atomic E-state index is 5.95. The summed E-state index contributed by atoms with van der Waals surface area (Å²) in [5, 5.41) is 0. The molecule has 3 rings (SSSR count). The predicted octanol–water partition coefficient (Wildman–Crippen LogP) is 5.74. The highest BCUT2D eigenvalue weighted by Crippen LogP contribution is 2.31. The number of likely N-dealkylation sites (tertiary alicyclic amines) is 1. The second-order valence-electron chi connectivity index (χ2n) is 8.23. The molecule has 1 aromatic rings. The van der Waals surface area contributed by atoms with Crippen LogP contribution in [0.1, 0.15) is 70.8 Å². The number of pyridine rings is 1. The molecule has 1 unspecified atom stereocenters. The maximum atomic E-state index is 5.95. The lowest BCUT2D eigenvalue weighted by molar-refractivity contribution is 0.182. The molecular weight excluding hydrogens is 332 g/mol. The third kappa shape index (κ3) is 5.93. The van der Waals surface area contributed by atoms with Gasteiger partial charge in [-0.15, -0.1) is 0 Å². The molecule has 1 saturated heterocycles. The number of piperidine rings is 1. The third-order valence-electron chi connectivity index (χ3n) is 6.35. The Balaban J connectivity index is 1.38. The summed E-state index contributed by atoms with van der Waals surface area (Å²) in [6.45, 7) is 11.2. The second-order valence-corrected chi connectivity index (χ2v) is 8.23. The fourth-order valence-electron chi connectivity index (χ4n) is 4.24. The normalized spacial score (nSPS) is 21.7. The number of nitrogens with zero attached hydrogens (tertiary/aromatic N) is 2. The van der Waals surface area contributed by atoms with Crippen molar-refractivity contribution in [2.24, 2.45) is 5.92 Å². The molecule has 27 heavy (non-hydrogen) atoms. The summed E-state index contributed by atoms with van der Waals surface area (Å²) in [5.41, 5.74) is 4.10. The highest BCUT2D eigenvalue weighted by molar-refractivity contribution is 5.38. The Morgan fingerprint density at radius 2 is 1.96 bits per heavy atom. The van der Waals surface area contributed by atoms with Gasteiger partial charge in [-0.3, -0.25) is 0 Å². The Morgan fingerprint density at radius 3 is 2.70 bits per heavy atom. The van der Waals surface area contributed by atoms with E-state index in [-0.39, 0.29) is 0 Å². The van der Waals surface area contributed by atoms with Crippen LogP contribution in [0.4, 0.5) is 0 Å². The molecule has 2 heterocycles. The Kier molecular flexibility index (Phi) is 7.51. The molecule has 0 bridgehead atoms. The van der Waals surface area contributed by atoms with E-state index in [0.717, 1.165) is 31.2 Å². The Bertz CT molecular complexity index is 656. The second kappa shape index (κ2) is 10.1. The number of ether oxygens (including phenoxy) is 1. The monoisotopic (exact) mass is 368 g/mol. The molecule has 0 spiro atoms. The largest absolute Gasteiger partial charge is 0.478 e. The molecule has 148 valence electrons. The summed E-state index contributed by atoms with van der Waals surface area (Å²) in [6, 6.07) is 4.25. The summed E-state index contributed by atoms with van der Waals surface area (Å²) in [7, 11) is 0. The van der Waals surface area contributed by atoms with E-state index in [1.54, 1.807) is 0 Å². The molecule has 1 aromatic heterocycles. The van der Waals surface area contributed by atoms with Crippen molar-refractivity contribution in [1.82, 2.24) is 9.88 Å². The van der Waals surface area contributed by atoms with E-state index in [9.17, 15) is 0 Å². The van der Waals surface area contributed by atoms with Gasteiger partial charge in [-0.05, 0) is 83.1 Å². The van der Waals surface area contributed by atoms with E-state index in [1.807, 2.05) is 6.20 Å². The summed E-state index contributed by atoms with van der Waals surface area (Å²) in [4.78, 5) is 6.98. The van der Waals surface area contributed by atoms with Crippen LogP contribution in [0.15, 0.2) is 41.6 Å². The molecule has 3 nitrogen and oxygen atoms in total. The van der Waals surface area contributed by atoms with Gasteiger partial charge in [0.1, 0.15) is 0 Å². The van der Waals surface area contributed by atoms with Gasteiger partial charge in [-0.1, -0.05) is 36.6 Å². The van der Waals surface area contributed by atoms with Gasteiger partial charge in [0.25, 0.3) is 0 Å². The van der Waals surface area contributed by atoms with E-state index in [1.165, 1.54) is 62.0 Å². The summed E-state index contributed by atoms with van der Waals surface area (Å²) < 4.78 is 5.95. The summed E-state index contributed by atoms with van der Waals surface area (Å²) >= 11 is 0. The zero-order valence-corrected chi connectivity index (χ0v) is 17.4. The van der Waals surface area contributed by atoms with E-state index in [0.29, 0.717) is 5.92 Å². The number of hydrogen-bond acceptors (Lipinski definition) is 3. The first-order chi connectivity index (χ1) is 13.2. The van der Waals surface area contributed by atoms with Crippen LogP contribution in [0.3, 0.4) is 0 Å². The number of unbranched alkanes of at least 4 members (excludes halogenated alkanes) is 1. The molecule has 1 fully saturated rings. The quantitative estimate of drug-likeness (QED) is 0.547. The fraction of sp³-hybridized carbons (Fsp3) is 0.625. The van der Waals surface area contributed by atoms with Crippen molar-refractivity contribution >= 4 is 0 Å². The lowest BCUT2D eigenvalue weighted by Gasteiger charge is -2.31. The average molecular weight is 369 g/mol. The molecule has 0 N–H and O–H groups in total. The average Bonchev–Trinajstić information content (AvgIpc) is 2.70. The van der Waals surface area contributed by atoms with Crippen molar-refractivity contribution < 1.29 is 4.74 Å². The van der Waals surface area contributed by atoms with Crippen molar-refractivity contribution in [2.75, 3.05) is 26.2 Å². The minimum Gasteiger partial charge on any atom is -0.478 e. The van der Waals surface area contributed by atoms with Crippen LogP contribution in [0.2, 0.25) is 0 Å². The van der Waals surface area contributed by atoms with Crippen LogP contribution in [-0.2, 0) is 0 Å². The number of hydrogen-bond donors (Lipinski definition) is 0. The van der Waals surface area contributed by atoms with Crippen molar-refractivity contribution in [3.8, 4) is 5.88 Å². The lowest BCUT2D eigenvalue weighted by Crippen LogP contribution is -2.33. The molecular formula is C24H36N2O. The first kappa shape index (κ1) is 20.1.